The van der Waals surface area contributed by atoms with Crippen LogP contribution >= 0.6 is 0 Å². The van der Waals surface area contributed by atoms with Crippen molar-refractivity contribution < 1.29 is 0 Å². The Balaban J connectivity index is 0.751. The van der Waals surface area contributed by atoms with Crippen LogP contribution in [0, 0.1) is 0 Å². The molecule has 0 amide bonds. The zero-order valence-electron chi connectivity index (χ0n) is 41.0. The average molecular weight is 905 g/mol. The van der Waals surface area contributed by atoms with E-state index in [1.54, 1.807) is 0 Å². The zero-order chi connectivity index (χ0) is 47.0. The second-order valence-electron chi connectivity index (χ2n) is 22.3. The van der Waals surface area contributed by atoms with Crippen LogP contribution in [0.2, 0.25) is 0 Å². The van der Waals surface area contributed by atoms with E-state index in [1.165, 1.54) is 162 Å². The van der Waals surface area contributed by atoms with Crippen LogP contribution in [0.25, 0.3) is 76.8 Å². The average Bonchev–Trinajstić information content (AvgIpc) is 3.75. The van der Waals surface area contributed by atoms with Gasteiger partial charge in [-0.25, -0.2) is 0 Å². The molecule has 14 rings (SSSR count). The van der Waals surface area contributed by atoms with E-state index in [1.807, 2.05) is 0 Å². The second kappa shape index (κ2) is 15.2. The van der Waals surface area contributed by atoms with Crippen LogP contribution < -0.4 is 9.80 Å². The molecule has 10 aromatic rings. The Morgan fingerprint density at radius 3 is 0.971 bits per heavy atom. The van der Waals surface area contributed by atoms with Gasteiger partial charge in [0.05, 0.1) is 11.1 Å². The summed E-state index contributed by atoms with van der Waals surface area (Å²) in [4.78, 5) is 5.33. The minimum atomic E-state index is 0.0526. The van der Waals surface area contributed by atoms with Crippen molar-refractivity contribution in [3.8, 4) is 44.5 Å². The van der Waals surface area contributed by atoms with E-state index in [4.69, 9.17) is 0 Å². The highest BCUT2D eigenvalue weighted by Gasteiger charge is 2.59. The SMILES string of the molecule is CC12CCCCC1(C)N(c1ccccc1)c1ccc(-c3ccc(-c4cc5ccc6cc(-c7ccc(-c8ccc9c(c8)C8(C)CCCCC8(C)N9c8ccccc8)cc7)cc7ccc(c4)c5c67)cc3)cc12. The van der Waals surface area contributed by atoms with Crippen molar-refractivity contribution >= 4 is 55.1 Å². The second-order valence-corrected chi connectivity index (χ2v) is 22.3. The monoisotopic (exact) mass is 904 g/mol. The van der Waals surface area contributed by atoms with Gasteiger partial charge >= 0.3 is 0 Å². The highest BCUT2D eigenvalue weighted by atomic mass is 15.3. The molecule has 2 aliphatic carbocycles. The van der Waals surface area contributed by atoms with Crippen LogP contribution in [0.5, 0.6) is 0 Å². The molecular weight excluding hydrogens is 845 g/mol. The number of para-hydroxylation sites is 2. The Morgan fingerprint density at radius 1 is 0.300 bits per heavy atom. The number of nitrogens with zero attached hydrogens (tertiary/aromatic N) is 2. The Morgan fingerprint density at radius 2 is 0.614 bits per heavy atom. The largest absolute Gasteiger partial charge is 0.334 e. The van der Waals surface area contributed by atoms with Crippen LogP contribution in [0.1, 0.15) is 90.2 Å². The molecular formula is C68H60N2. The predicted octanol–water partition coefficient (Wildman–Crippen LogP) is 18.7. The molecule has 2 nitrogen and oxygen atoms in total. The van der Waals surface area contributed by atoms with Gasteiger partial charge in [-0.1, -0.05) is 161 Å². The lowest BCUT2D eigenvalue weighted by Crippen LogP contribution is -2.54. The highest BCUT2D eigenvalue weighted by Crippen LogP contribution is 2.63. The maximum absolute atomic E-state index is 2.66. The van der Waals surface area contributed by atoms with E-state index >= 15 is 0 Å². The van der Waals surface area contributed by atoms with Crippen molar-refractivity contribution in [1.82, 2.24) is 0 Å². The smallest absolute Gasteiger partial charge is 0.0517 e. The number of hydrogen-bond donors (Lipinski definition) is 0. The normalized spacial score (nSPS) is 23.7. The molecule has 0 spiro atoms. The molecule has 4 atom stereocenters. The maximum Gasteiger partial charge on any atom is 0.0517 e. The standard InChI is InChI=1S/C68H60N2/c1-65-35-11-13-37-67(65,3)69(57-15-7-5-8-16-57)61-33-31-49(43-59(61)65)45-19-23-47(24-20-45)55-39-51-27-29-53-41-56(42-54-30-28-52(40-55)63(51)64(53)54)48-25-21-46(22-26-48)50-32-34-62-60(44-50)66(2)36-12-14-38-68(66,4)70(62)58-17-9-6-10-18-58/h5-10,15-34,39-44H,11-14,35-38H2,1-4H3. The predicted molar refractivity (Wildman–Crippen MR) is 298 cm³/mol. The molecule has 2 aliphatic heterocycles. The molecule has 2 heteroatoms. The van der Waals surface area contributed by atoms with E-state index in [0.717, 1.165) is 0 Å². The molecule has 4 aliphatic rings. The minimum Gasteiger partial charge on any atom is -0.334 e. The third kappa shape index (κ3) is 5.86. The van der Waals surface area contributed by atoms with Gasteiger partial charge in [-0.2, -0.15) is 0 Å². The van der Waals surface area contributed by atoms with Gasteiger partial charge in [0.25, 0.3) is 0 Å². The van der Waals surface area contributed by atoms with E-state index in [9.17, 15) is 0 Å². The van der Waals surface area contributed by atoms with E-state index in [2.05, 4.69) is 232 Å². The first kappa shape index (κ1) is 41.8. The molecule has 10 aromatic carbocycles. The Bertz CT molecular complexity index is 3360. The Hall–Kier alpha value is -7.16. The van der Waals surface area contributed by atoms with Crippen LogP contribution in [-0.4, -0.2) is 11.1 Å². The molecule has 0 bridgehead atoms. The molecule has 0 N–H and O–H groups in total. The van der Waals surface area contributed by atoms with Crippen LogP contribution in [-0.2, 0) is 10.8 Å². The van der Waals surface area contributed by atoms with Crippen molar-refractivity contribution in [1.29, 1.82) is 0 Å². The number of benzene rings is 10. The van der Waals surface area contributed by atoms with Gasteiger partial charge in [-0.15, -0.1) is 0 Å². The van der Waals surface area contributed by atoms with Crippen LogP contribution in [0.3, 0.4) is 0 Å². The summed E-state index contributed by atoms with van der Waals surface area (Å²) in [5.74, 6) is 0. The summed E-state index contributed by atoms with van der Waals surface area (Å²) in [5.41, 5.74) is 18.8. The maximum atomic E-state index is 2.66. The molecule has 2 heterocycles. The number of fused-ring (bicyclic) bond motifs is 6. The summed E-state index contributed by atoms with van der Waals surface area (Å²) in [6.45, 7) is 10.1. The van der Waals surface area contributed by atoms with Crippen molar-refractivity contribution in [2.24, 2.45) is 0 Å². The number of hydrogen-bond acceptors (Lipinski definition) is 2. The fourth-order valence-electron chi connectivity index (χ4n) is 14.7. The third-order valence-electron chi connectivity index (χ3n) is 18.9. The molecule has 0 aromatic heterocycles. The van der Waals surface area contributed by atoms with Gasteiger partial charge < -0.3 is 9.80 Å². The fourth-order valence-corrected chi connectivity index (χ4v) is 14.7. The lowest BCUT2D eigenvalue weighted by atomic mass is 9.61. The summed E-state index contributed by atoms with van der Waals surface area (Å²) in [5, 5.41) is 7.88. The van der Waals surface area contributed by atoms with E-state index < -0.39 is 0 Å². The van der Waals surface area contributed by atoms with Gasteiger partial charge in [0.15, 0.2) is 0 Å². The zero-order valence-corrected chi connectivity index (χ0v) is 41.0. The van der Waals surface area contributed by atoms with E-state index in [0.29, 0.717) is 0 Å². The van der Waals surface area contributed by atoms with Gasteiger partial charge in [-0.05, 0) is 200 Å². The summed E-state index contributed by atoms with van der Waals surface area (Å²) in [6.07, 6.45) is 9.99. The summed E-state index contributed by atoms with van der Waals surface area (Å²) >= 11 is 0. The van der Waals surface area contributed by atoms with Gasteiger partial charge in [0, 0.05) is 33.6 Å². The molecule has 70 heavy (non-hydrogen) atoms. The summed E-state index contributed by atoms with van der Waals surface area (Å²) in [7, 11) is 0. The minimum absolute atomic E-state index is 0.0526. The Kier molecular flexibility index (Phi) is 9.05. The first-order valence-electron chi connectivity index (χ1n) is 26.1. The number of rotatable bonds is 6. The molecule has 342 valence electrons. The summed E-state index contributed by atoms with van der Waals surface area (Å²) < 4.78 is 0. The topological polar surface area (TPSA) is 6.48 Å². The highest BCUT2D eigenvalue weighted by molar-refractivity contribution is 6.24. The lowest BCUT2D eigenvalue weighted by Gasteiger charge is -2.50. The van der Waals surface area contributed by atoms with E-state index in [-0.39, 0.29) is 21.9 Å². The lowest BCUT2D eigenvalue weighted by molar-refractivity contribution is 0.195. The molecule has 2 fully saturated rings. The Labute approximate surface area is 413 Å². The quantitative estimate of drug-likeness (QED) is 0.153. The van der Waals surface area contributed by atoms with Crippen molar-refractivity contribution in [2.45, 2.75) is 101 Å². The fraction of sp³-hybridized carbons (Fsp3) is 0.235. The number of anilines is 4. The molecule has 4 unspecified atom stereocenters. The summed E-state index contributed by atoms with van der Waals surface area (Å²) in [6, 6.07) is 74.2. The molecule has 0 radical (unpaired) electrons. The van der Waals surface area contributed by atoms with Crippen molar-refractivity contribution in [3.05, 3.63) is 205 Å². The van der Waals surface area contributed by atoms with Crippen LogP contribution in [0.15, 0.2) is 194 Å². The van der Waals surface area contributed by atoms with Gasteiger partial charge in [0.2, 0.25) is 0 Å². The van der Waals surface area contributed by atoms with Crippen molar-refractivity contribution in [3.63, 3.8) is 0 Å². The third-order valence-corrected chi connectivity index (χ3v) is 18.9. The van der Waals surface area contributed by atoms with Crippen LogP contribution in [0.4, 0.5) is 22.7 Å². The van der Waals surface area contributed by atoms with Gasteiger partial charge in [0.1, 0.15) is 0 Å². The first-order chi connectivity index (χ1) is 34.1. The molecule has 0 saturated heterocycles. The first-order valence-corrected chi connectivity index (χ1v) is 26.1. The van der Waals surface area contributed by atoms with Gasteiger partial charge in [-0.3, -0.25) is 0 Å². The van der Waals surface area contributed by atoms with Crippen molar-refractivity contribution in [2.75, 3.05) is 9.80 Å². The molecule has 2 saturated carbocycles.